The fraction of sp³-hybridized carbons (Fsp3) is 0.450. The molecule has 136 valence electrons. The van der Waals surface area contributed by atoms with Crippen LogP contribution in [0.2, 0.25) is 0 Å². The number of likely N-dealkylation sites (tertiary alicyclic amines) is 1. The number of hydrogen-bond acceptors (Lipinski definition) is 5. The Kier molecular flexibility index (Phi) is 5.11. The Morgan fingerprint density at radius 2 is 1.81 bits per heavy atom. The van der Waals surface area contributed by atoms with E-state index in [1.165, 1.54) is 32.4 Å². The van der Waals surface area contributed by atoms with Gasteiger partial charge in [0.2, 0.25) is 0 Å². The van der Waals surface area contributed by atoms with E-state index in [2.05, 4.69) is 32.3 Å². The van der Waals surface area contributed by atoms with Crippen LogP contribution >= 0.6 is 0 Å². The van der Waals surface area contributed by atoms with E-state index < -0.39 is 0 Å². The molecule has 0 bridgehead atoms. The summed E-state index contributed by atoms with van der Waals surface area (Å²) in [4.78, 5) is 2.55. The SMILES string of the molecule is Cc1nnc2cc(-c3ccc(OCCCN4CCCCC4)cc3)cnn12. The monoisotopic (exact) mass is 351 g/mol. The highest BCUT2D eigenvalue weighted by Gasteiger charge is 2.09. The molecule has 0 aliphatic carbocycles. The molecular weight excluding hydrogens is 326 g/mol. The normalized spacial score (nSPS) is 15.4. The molecule has 1 aliphatic rings. The third kappa shape index (κ3) is 3.85. The van der Waals surface area contributed by atoms with Crippen molar-refractivity contribution in [2.75, 3.05) is 26.2 Å². The highest BCUT2D eigenvalue weighted by Crippen LogP contribution is 2.23. The minimum atomic E-state index is 0.762. The highest BCUT2D eigenvalue weighted by molar-refractivity contribution is 5.66. The van der Waals surface area contributed by atoms with E-state index in [4.69, 9.17) is 4.74 Å². The van der Waals surface area contributed by atoms with Gasteiger partial charge in [-0.25, -0.2) is 0 Å². The van der Waals surface area contributed by atoms with Crippen molar-refractivity contribution in [3.05, 3.63) is 42.4 Å². The average molecular weight is 351 g/mol. The van der Waals surface area contributed by atoms with E-state index in [0.717, 1.165) is 47.9 Å². The van der Waals surface area contributed by atoms with Gasteiger partial charge in [-0.15, -0.1) is 10.2 Å². The highest BCUT2D eigenvalue weighted by atomic mass is 16.5. The van der Waals surface area contributed by atoms with Crippen molar-refractivity contribution in [1.82, 2.24) is 24.7 Å². The molecule has 1 aromatic carbocycles. The molecule has 0 radical (unpaired) electrons. The van der Waals surface area contributed by atoms with E-state index in [1.54, 1.807) is 4.52 Å². The fourth-order valence-electron chi connectivity index (χ4n) is 3.47. The Balaban J connectivity index is 1.32. The lowest BCUT2D eigenvalue weighted by Crippen LogP contribution is -2.31. The zero-order valence-corrected chi connectivity index (χ0v) is 15.3. The summed E-state index contributed by atoms with van der Waals surface area (Å²) in [5.41, 5.74) is 2.89. The topological polar surface area (TPSA) is 55.6 Å². The van der Waals surface area contributed by atoms with Gasteiger partial charge in [0.05, 0.1) is 12.8 Å². The van der Waals surface area contributed by atoms with Gasteiger partial charge < -0.3 is 9.64 Å². The standard InChI is InChI=1S/C20H25N5O/c1-16-22-23-20-14-18(15-21-25(16)20)17-6-8-19(9-7-17)26-13-5-12-24-10-3-2-4-11-24/h6-9,14-15H,2-5,10-13H2,1H3. The molecule has 1 fully saturated rings. The van der Waals surface area contributed by atoms with Crippen LogP contribution in [-0.2, 0) is 0 Å². The number of ether oxygens (including phenoxy) is 1. The molecule has 4 rings (SSSR count). The maximum absolute atomic E-state index is 5.89. The summed E-state index contributed by atoms with van der Waals surface area (Å²) in [5.74, 6) is 1.71. The molecule has 0 N–H and O–H groups in total. The number of rotatable bonds is 6. The maximum Gasteiger partial charge on any atom is 0.178 e. The summed E-state index contributed by atoms with van der Waals surface area (Å²) in [7, 11) is 0. The molecule has 2 aromatic heterocycles. The number of aromatic nitrogens is 4. The molecule has 1 aliphatic heterocycles. The number of hydrogen-bond donors (Lipinski definition) is 0. The van der Waals surface area contributed by atoms with Crippen molar-refractivity contribution >= 4 is 5.65 Å². The van der Waals surface area contributed by atoms with Crippen LogP contribution in [0.5, 0.6) is 5.75 Å². The van der Waals surface area contributed by atoms with Gasteiger partial charge in [0.25, 0.3) is 0 Å². The van der Waals surface area contributed by atoms with Gasteiger partial charge in [0, 0.05) is 12.1 Å². The minimum Gasteiger partial charge on any atom is -0.494 e. The zero-order valence-electron chi connectivity index (χ0n) is 15.3. The van der Waals surface area contributed by atoms with Crippen LogP contribution in [0.15, 0.2) is 36.5 Å². The minimum absolute atomic E-state index is 0.762. The fourth-order valence-corrected chi connectivity index (χ4v) is 3.47. The van der Waals surface area contributed by atoms with Gasteiger partial charge in [0.15, 0.2) is 11.5 Å². The Hall–Kier alpha value is -2.47. The van der Waals surface area contributed by atoms with E-state index in [1.807, 2.05) is 31.3 Å². The lowest BCUT2D eigenvalue weighted by Gasteiger charge is -2.26. The number of piperidine rings is 1. The lowest BCUT2D eigenvalue weighted by atomic mass is 10.1. The van der Waals surface area contributed by atoms with Crippen LogP contribution in [0.1, 0.15) is 31.5 Å². The van der Waals surface area contributed by atoms with Crippen LogP contribution in [0.25, 0.3) is 16.8 Å². The molecule has 26 heavy (non-hydrogen) atoms. The van der Waals surface area contributed by atoms with Crippen LogP contribution in [0.3, 0.4) is 0 Å². The summed E-state index contributed by atoms with van der Waals surface area (Å²) < 4.78 is 7.63. The Bertz CT molecular complexity index is 852. The third-order valence-electron chi connectivity index (χ3n) is 4.94. The van der Waals surface area contributed by atoms with Crippen LogP contribution < -0.4 is 4.74 Å². The van der Waals surface area contributed by atoms with Gasteiger partial charge in [0.1, 0.15) is 5.75 Å². The number of aryl methyl sites for hydroxylation is 1. The van der Waals surface area contributed by atoms with Gasteiger partial charge in [-0.1, -0.05) is 18.6 Å². The van der Waals surface area contributed by atoms with Crippen LogP contribution in [-0.4, -0.2) is 51.0 Å². The second kappa shape index (κ2) is 7.83. The van der Waals surface area contributed by atoms with Gasteiger partial charge >= 0.3 is 0 Å². The summed E-state index contributed by atoms with van der Waals surface area (Å²) in [5, 5.41) is 12.6. The first-order chi connectivity index (χ1) is 12.8. The van der Waals surface area contributed by atoms with Crippen molar-refractivity contribution < 1.29 is 4.74 Å². The van der Waals surface area contributed by atoms with Crippen molar-refractivity contribution in [3.8, 4) is 16.9 Å². The first-order valence-electron chi connectivity index (χ1n) is 9.43. The summed E-state index contributed by atoms with van der Waals surface area (Å²) in [6.45, 7) is 6.30. The number of benzene rings is 1. The molecule has 6 nitrogen and oxygen atoms in total. The molecule has 0 amide bonds. The van der Waals surface area contributed by atoms with Crippen molar-refractivity contribution in [2.45, 2.75) is 32.6 Å². The van der Waals surface area contributed by atoms with Gasteiger partial charge in [-0.3, -0.25) is 0 Å². The molecule has 6 heteroatoms. The largest absolute Gasteiger partial charge is 0.494 e. The van der Waals surface area contributed by atoms with Crippen LogP contribution in [0.4, 0.5) is 0 Å². The Labute approximate surface area is 153 Å². The smallest absolute Gasteiger partial charge is 0.178 e. The van der Waals surface area contributed by atoms with E-state index in [0.29, 0.717) is 0 Å². The lowest BCUT2D eigenvalue weighted by molar-refractivity contribution is 0.205. The number of fused-ring (bicyclic) bond motifs is 1. The quantitative estimate of drug-likeness (QED) is 0.638. The first kappa shape index (κ1) is 17.0. The van der Waals surface area contributed by atoms with Crippen molar-refractivity contribution in [1.29, 1.82) is 0 Å². The zero-order chi connectivity index (χ0) is 17.8. The Morgan fingerprint density at radius 3 is 2.62 bits per heavy atom. The summed E-state index contributed by atoms with van der Waals surface area (Å²) >= 11 is 0. The molecule has 0 spiro atoms. The molecule has 0 unspecified atom stereocenters. The van der Waals surface area contributed by atoms with E-state index in [9.17, 15) is 0 Å². The molecule has 0 atom stereocenters. The van der Waals surface area contributed by atoms with Crippen molar-refractivity contribution in [3.63, 3.8) is 0 Å². The van der Waals surface area contributed by atoms with Crippen molar-refractivity contribution in [2.24, 2.45) is 0 Å². The number of nitrogens with zero attached hydrogens (tertiary/aromatic N) is 5. The van der Waals surface area contributed by atoms with Crippen LogP contribution in [0, 0.1) is 6.92 Å². The average Bonchev–Trinajstić information content (AvgIpc) is 3.07. The van der Waals surface area contributed by atoms with Gasteiger partial charge in [-0.05, 0) is 63.0 Å². The summed E-state index contributed by atoms with van der Waals surface area (Å²) in [6, 6.07) is 10.2. The second-order valence-electron chi connectivity index (χ2n) is 6.89. The second-order valence-corrected chi connectivity index (χ2v) is 6.89. The predicted molar refractivity (Wildman–Crippen MR) is 101 cm³/mol. The third-order valence-corrected chi connectivity index (χ3v) is 4.94. The maximum atomic E-state index is 5.89. The Morgan fingerprint density at radius 1 is 1.00 bits per heavy atom. The molecule has 1 saturated heterocycles. The molecule has 0 saturated carbocycles. The van der Waals surface area contributed by atoms with E-state index in [-0.39, 0.29) is 0 Å². The molecule has 3 aromatic rings. The molecular formula is C20H25N5O. The van der Waals surface area contributed by atoms with Gasteiger partial charge in [-0.2, -0.15) is 9.61 Å². The summed E-state index contributed by atoms with van der Waals surface area (Å²) in [6.07, 6.45) is 7.00. The first-order valence-corrected chi connectivity index (χ1v) is 9.43. The molecule has 3 heterocycles. The predicted octanol–water partition coefficient (Wildman–Crippen LogP) is 3.35. The van der Waals surface area contributed by atoms with E-state index >= 15 is 0 Å².